The van der Waals surface area contributed by atoms with E-state index < -0.39 is 0 Å². The molecule has 0 heterocycles. The van der Waals surface area contributed by atoms with Gasteiger partial charge in [0.25, 0.3) is 0 Å². The van der Waals surface area contributed by atoms with Gasteiger partial charge in [0.1, 0.15) is 5.75 Å². The normalized spacial score (nSPS) is 12.7. The molecule has 0 aromatic heterocycles. The average Bonchev–Trinajstić information content (AvgIpc) is 3.14. The molecule has 0 atom stereocenters. The first-order valence-corrected chi connectivity index (χ1v) is 14.1. The van der Waals surface area contributed by atoms with Crippen molar-refractivity contribution >= 4 is 43.7 Å². The Labute approximate surface area is 226 Å². The molecule has 0 saturated carbocycles. The Bertz CT molecular complexity index is 1130. The van der Waals surface area contributed by atoms with E-state index in [1.54, 1.807) is 13.0 Å². The van der Waals surface area contributed by atoms with Gasteiger partial charge in [0.15, 0.2) is 5.78 Å². The standard InChI is InChI=1S/C31H32Br2O2/c1-22(34)9-10-23-11-15-26(16-12-23)35-19-7-5-3-2-4-6-8-27-30-20-24(32)13-17-28(30)29-18-14-25(33)21-31(27)29/h9-18,20-21,27H,2-8,19H2,1H3/b10-9+. The molecule has 0 N–H and O–H groups in total. The molecule has 182 valence electrons. The quantitative estimate of drug-likeness (QED) is 0.154. The molecule has 0 saturated heterocycles. The van der Waals surface area contributed by atoms with Crippen LogP contribution in [0.15, 0.2) is 75.7 Å². The number of halogens is 2. The Morgan fingerprint density at radius 2 is 1.37 bits per heavy atom. The molecule has 0 radical (unpaired) electrons. The Hall–Kier alpha value is -2.17. The van der Waals surface area contributed by atoms with Crippen molar-refractivity contribution in [2.45, 2.75) is 57.8 Å². The summed E-state index contributed by atoms with van der Waals surface area (Å²) in [7, 11) is 0. The van der Waals surface area contributed by atoms with Gasteiger partial charge in [-0.2, -0.15) is 0 Å². The Balaban J connectivity index is 1.14. The zero-order valence-electron chi connectivity index (χ0n) is 20.2. The predicted octanol–water partition coefficient (Wildman–Crippen LogP) is 9.74. The van der Waals surface area contributed by atoms with E-state index in [0.717, 1.165) is 33.3 Å². The van der Waals surface area contributed by atoms with Crippen LogP contribution < -0.4 is 4.74 Å². The maximum atomic E-state index is 11.0. The van der Waals surface area contributed by atoms with Gasteiger partial charge in [0, 0.05) is 14.9 Å². The van der Waals surface area contributed by atoms with Crippen molar-refractivity contribution < 1.29 is 9.53 Å². The summed E-state index contributed by atoms with van der Waals surface area (Å²) in [5, 5.41) is 0. The second kappa shape index (κ2) is 12.7. The first-order chi connectivity index (χ1) is 17.0. The summed E-state index contributed by atoms with van der Waals surface area (Å²) in [6, 6.07) is 21.3. The van der Waals surface area contributed by atoms with Crippen molar-refractivity contribution in [3.63, 3.8) is 0 Å². The minimum absolute atomic E-state index is 0.0565. The molecule has 3 aromatic carbocycles. The number of rotatable bonds is 12. The third-order valence-corrected chi connectivity index (χ3v) is 7.60. The van der Waals surface area contributed by atoms with Crippen molar-refractivity contribution in [3.8, 4) is 16.9 Å². The highest BCUT2D eigenvalue weighted by Crippen LogP contribution is 2.48. The van der Waals surface area contributed by atoms with Crippen molar-refractivity contribution in [2.75, 3.05) is 6.61 Å². The monoisotopic (exact) mass is 594 g/mol. The van der Waals surface area contributed by atoms with Crippen molar-refractivity contribution in [1.82, 2.24) is 0 Å². The van der Waals surface area contributed by atoms with E-state index in [9.17, 15) is 4.79 Å². The lowest BCUT2D eigenvalue weighted by Gasteiger charge is -2.14. The number of hydrogen-bond acceptors (Lipinski definition) is 2. The molecule has 2 nitrogen and oxygen atoms in total. The molecular weight excluding hydrogens is 564 g/mol. The molecule has 0 bridgehead atoms. The van der Waals surface area contributed by atoms with Crippen LogP contribution in [0.1, 0.15) is 74.5 Å². The Kier molecular flexibility index (Phi) is 9.39. The fourth-order valence-corrected chi connectivity index (χ4v) is 5.61. The molecule has 0 fully saturated rings. The fraction of sp³-hybridized carbons (Fsp3) is 0.323. The van der Waals surface area contributed by atoms with Crippen LogP contribution in [0.5, 0.6) is 5.75 Å². The van der Waals surface area contributed by atoms with Crippen LogP contribution in [0.25, 0.3) is 17.2 Å². The molecule has 4 rings (SSSR count). The summed E-state index contributed by atoms with van der Waals surface area (Å²) in [6.45, 7) is 2.31. The van der Waals surface area contributed by atoms with Crippen LogP contribution in [-0.2, 0) is 4.79 Å². The predicted molar refractivity (Wildman–Crippen MR) is 153 cm³/mol. The van der Waals surface area contributed by atoms with E-state index in [4.69, 9.17) is 4.74 Å². The fourth-order valence-electron chi connectivity index (χ4n) is 4.85. The summed E-state index contributed by atoms with van der Waals surface area (Å²) in [5.74, 6) is 1.44. The second-order valence-electron chi connectivity index (χ2n) is 9.29. The largest absolute Gasteiger partial charge is 0.494 e. The van der Waals surface area contributed by atoms with Gasteiger partial charge in [-0.25, -0.2) is 0 Å². The number of fused-ring (bicyclic) bond motifs is 3. The van der Waals surface area contributed by atoms with Gasteiger partial charge in [0.2, 0.25) is 0 Å². The summed E-state index contributed by atoms with van der Waals surface area (Å²) in [4.78, 5) is 11.0. The topological polar surface area (TPSA) is 26.3 Å². The molecule has 1 aliphatic carbocycles. The first-order valence-electron chi connectivity index (χ1n) is 12.5. The minimum atomic E-state index is 0.0565. The highest BCUT2D eigenvalue weighted by Gasteiger charge is 2.28. The van der Waals surface area contributed by atoms with Gasteiger partial charge in [-0.3, -0.25) is 4.79 Å². The summed E-state index contributed by atoms with van der Waals surface area (Å²) in [6.07, 6.45) is 12.0. The van der Waals surface area contributed by atoms with E-state index in [2.05, 4.69) is 68.3 Å². The van der Waals surface area contributed by atoms with Gasteiger partial charge in [0.05, 0.1) is 6.61 Å². The van der Waals surface area contributed by atoms with E-state index in [1.807, 2.05) is 30.3 Å². The maximum Gasteiger partial charge on any atom is 0.152 e. The highest BCUT2D eigenvalue weighted by atomic mass is 79.9. The number of carbonyl (C=O) groups excluding carboxylic acids is 1. The first kappa shape index (κ1) is 25.9. The lowest BCUT2D eigenvalue weighted by molar-refractivity contribution is -0.112. The van der Waals surface area contributed by atoms with E-state index in [-0.39, 0.29) is 5.78 Å². The van der Waals surface area contributed by atoms with Crippen LogP contribution in [0.4, 0.5) is 0 Å². The number of ether oxygens (including phenoxy) is 1. The smallest absolute Gasteiger partial charge is 0.152 e. The third kappa shape index (κ3) is 7.17. The van der Waals surface area contributed by atoms with Crippen molar-refractivity contribution in [3.05, 3.63) is 92.4 Å². The second-order valence-corrected chi connectivity index (χ2v) is 11.1. The average molecular weight is 596 g/mol. The van der Waals surface area contributed by atoms with Gasteiger partial charge in [-0.15, -0.1) is 0 Å². The number of hydrogen-bond donors (Lipinski definition) is 0. The van der Waals surface area contributed by atoms with Crippen molar-refractivity contribution in [1.29, 1.82) is 0 Å². The van der Waals surface area contributed by atoms with Crippen molar-refractivity contribution in [2.24, 2.45) is 0 Å². The summed E-state index contributed by atoms with van der Waals surface area (Å²) < 4.78 is 8.20. The maximum absolute atomic E-state index is 11.0. The lowest BCUT2D eigenvalue weighted by atomic mass is 9.91. The van der Waals surface area contributed by atoms with Crippen LogP contribution in [0.2, 0.25) is 0 Å². The SMILES string of the molecule is CC(=O)/C=C/c1ccc(OCCCCCCCCC2c3cc(Br)ccc3-c3ccc(Br)cc32)cc1. The zero-order valence-corrected chi connectivity index (χ0v) is 23.4. The highest BCUT2D eigenvalue weighted by molar-refractivity contribution is 9.10. The van der Waals surface area contributed by atoms with E-state index in [0.29, 0.717) is 5.92 Å². The molecule has 1 aliphatic rings. The molecule has 0 aliphatic heterocycles. The number of benzene rings is 3. The molecule has 0 unspecified atom stereocenters. The molecular formula is C31H32Br2O2. The Morgan fingerprint density at radius 3 is 1.97 bits per heavy atom. The van der Waals surface area contributed by atoms with E-state index in [1.165, 1.54) is 60.8 Å². The Morgan fingerprint density at radius 1 is 0.800 bits per heavy atom. The van der Waals surface area contributed by atoms with Gasteiger partial charge >= 0.3 is 0 Å². The van der Waals surface area contributed by atoms with Crippen LogP contribution >= 0.6 is 31.9 Å². The molecule has 35 heavy (non-hydrogen) atoms. The summed E-state index contributed by atoms with van der Waals surface area (Å²) in [5.41, 5.74) is 6.73. The minimum Gasteiger partial charge on any atom is -0.494 e. The van der Waals surface area contributed by atoms with Gasteiger partial charge in [-0.05, 0) is 90.1 Å². The number of allylic oxidation sites excluding steroid dienone is 1. The van der Waals surface area contributed by atoms with Gasteiger partial charge < -0.3 is 4.74 Å². The molecule has 0 spiro atoms. The molecule has 3 aromatic rings. The van der Waals surface area contributed by atoms with E-state index >= 15 is 0 Å². The van der Waals surface area contributed by atoms with Crippen LogP contribution in [0.3, 0.4) is 0 Å². The van der Waals surface area contributed by atoms with Crippen LogP contribution in [-0.4, -0.2) is 12.4 Å². The number of unbranched alkanes of at least 4 members (excludes halogenated alkanes) is 5. The number of carbonyl (C=O) groups is 1. The number of ketones is 1. The zero-order chi connectivity index (χ0) is 24.6. The summed E-state index contributed by atoms with van der Waals surface area (Å²) >= 11 is 7.34. The van der Waals surface area contributed by atoms with Crippen LogP contribution in [0, 0.1) is 0 Å². The lowest BCUT2D eigenvalue weighted by Crippen LogP contribution is -1.98. The third-order valence-electron chi connectivity index (χ3n) is 6.61. The molecule has 0 amide bonds. The van der Waals surface area contributed by atoms with Gasteiger partial charge in [-0.1, -0.05) is 94.3 Å². The molecule has 4 heteroatoms.